The molecule has 0 aromatic heterocycles. The predicted octanol–water partition coefficient (Wildman–Crippen LogP) is 6.22. The van der Waals surface area contributed by atoms with E-state index >= 15 is 0 Å². The van der Waals surface area contributed by atoms with Crippen LogP contribution in [0.4, 0.5) is 0 Å². The van der Waals surface area contributed by atoms with Crippen molar-refractivity contribution in [2.75, 3.05) is 27.2 Å². The molecule has 0 bridgehead atoms. The van der Waals surface area contributed by atoms with Crippen LogP contribution in [0.1, 0.15) is 74.0 Å². The molecule has 0 aliphatic heterocycles. The van der Waals surface area contributed by atoms with Crippen molar-refractivity contribution in [3.05, 3.63) is 64.7 Å². The monoisotopic (exact) mass is 448 g/mol. The first kappa shape index (κ1) is 26.6. The van der Waals surface area contributed by atoms with Crippen molar-refractivity contribution < 1.29 is 9.53 Å². The molecule has 0 amide bonds. The van der Waals surface area contributed by atoms with Crippen molar-refractivity contribution in [2.24, 2.45) is 5.92 Å². The summed E-state index contributed by atoms with van der Waals surface area (Å²) in [6.07, 6.45) is 4.75. The maximum absolute atomic E-state index is 11.4. The van der Waals surface area contributed by atoms with Crippen molar-refractivity contribution in [2.45, 2.75) is 65.2 Å². The van der Waals surface area contributed by atoms with Gasteiger partial charge in [0.05, 0.1) is 18.6 Å². The number of rotatable bonds is 13. The summed E-state index contributed by atoms with van der Waals surface area (Å²) in [7, 11) is 3.85. The van der Waals surface area contributed by atoms with E-state index in [1.54, 1.807) is 14.0 Å². The van der Waals surface area contributed by atoms with Gasteiger partial charge in [-0.2, -0.15) is 5.26 Å². The molecule has 0 spiro atoms. The molecule has 0 aliphatic carbocycles. The van der Waals surface area contributed by atoms with E-state index < -0.39 is 5.41 Å². The number of benzene rings is 2. The van der Waals surface area contributed by atoms with Crippen LogP contribution in [0.25, 0.3) is 0 Å². The molecule has 0 radical (unpaired) electrons. The van der Waals surface area contributed by atoms with Crippen molar-refractivity contribution in [3.63, 3.8) is 0 Å². The van der Waals surface area contributed by atoms with Crippen LogP contribution in [0, 0.1) is 17.2 Å². The zero-order valence-electron chi connectivity index (χ0n) is 21.3. The first-order valence-corrected chi connectivity index (χ1v) is 12.1. The Morgan fingerprint density at radius 1 is 1.12 bits per heavy atom. The number of likely N-dealkylation sites (N-methyl/N-ethyl adjacent to an activating group) is 1. The van der Waals surface area contributed by atoms with Crippen LogP contribution in [0.5, 0.6) is 5.75 Å². The fraction of sp³-hybridized carbons (Fsp3) is 0.517. The van der Waals surface area contributed by atoms with Crippen molar-refractivity contribution >= 4 is 5.78 Å². The van der Waals surface area contributed by atoms with Crippen LogP contribution < -0.4 is 4.74 Å². The Balaban J connectivity index is 2.01. The molecule has 0 fully saturated rings. The Morgan fingerprint density at radius 3 is 2.36 bits per heavy atom. The minimum atomic E-state index is -0.526. The largest absolute Gasteiger partial charge is 0.496 e. The molecule has 2 aromatic rings. The Bertz CT molecular complexity index is 943. The molecule has 2 aromatic carbocycles. The van der Waals surface area contributed by atoms with Crippen LogP contribution in [0.2, 0.25) is 0 Å². The molecular formula is C29H40N2O2. The Labute approximate surface area is 200 Å². The molecule has 1 atom stereocenters. The van der Waals surface area contributed by atoms with Gasteiger partial charge in [-0.25, -0.2) is 0 Å². The van der Waals surface area contributed by atoms with Gasteiger partial charge in [0.25, 0.3) is 0 Å². The number of carbonyl (C=O) groups excluding carboxylic acids is 1. The maximum atomic E-state index is 11.4. The van der Waals surface area contributed by atoms with E-state index in [1.165, 1.54) is 11.1 Å². The van der Waals surface area contributed by atoms with Crippen molar-refractivity contribution in [1.29, 1.82) is 5.26 Å². The molecule has 1 unspecified atom stereocenters. The number of nitrogens with zero attached hydrogens (tertiary/aromatic N) is 2. The van der Waals surface area contributed by atoms with Crippen molar-refractivity contribution in [3.8, 4) is 11.8 Å². The van der Waals surface area contributed by atoms with Gasteiger partial charge < -0.3 is 9.64 Å². The highest BCUT2D eigenvalue weighted by atomic mass is 16.5. The summed E-state index contributed by atoms with van der Waals surface area (Å²) in [4.78, 5) is 13.8. The lowest BCUT2D eigenvalue weighted by atomic mass is 9.69. The highest BCUT2D eigenvalue weighted by Crippen LogP contribution is 2.39. The number of hydrogen-bond acceptors (Lipinski definition) is 4. The normalized spacial score (nSPS) is 13.1. The molecule has 33 heavy (non-hydrogen) atoms. The predicted molar refractivity (Wildman–Crippen MR) is 136 cm³/mol. The number of nitriles is 1. The van der Waals surface area contributed by atoms with E-state index in [9.17, 15) is 10.1 Å². The number of carbonyl (C=O) groups is 1. The van der Waals surface area contributed by atoms with E-state index in [2.05, 4.69) is 57.0 Å². The highest BCUT2D eigenvalue weighted by Gasteiger charge is 2.36. The fourth-order valence-corrected chi connectivity index (χ4v) is 4.48. The van der Waals surface area contributed by atoms with E-state index in [0.29, 0.717) is 0 Å². The molecule has 0 saturated carbocycles. The van der Waals surface area contributed by atoms with Crippen LogP contribution in [0.15, 0.2) is 42.5 Å². The van der Waals surface area contributed by atoms with Gasteiger partial charge in [0.15, 0.2) is 5.78 Å². The summed E-state index contributed by atoms with van der Waals surface area (Å²) in [6, 6.07) is 16.9. The lowest BCUT2D eigenvalue weighted by Gasteiger charge is -2.32. The molecule has 178 valence electrons. The molecular weight excluding hydrogens is 408 g/mol. The van der Waals surface area contributed by atoms with Crippen LogP contribution in [-0.2, 0) is 18.3 Å². The Hall–Kier alpha value is -2.64. The van der Waals surface area contributed by atoms with E-state index in [4.69, 9.17) is 4.74 Å². The number of hydrogen-bond donors (Lipinski definition) is 0. The second-order valence-electron chi connectivity index (χ2n) is 9.42. The second-order valence-corrected chi connectivity index (χ2v) is 9.42. The summed E-state index contributed by atoms with van der Waals surface area (Å²) in [5, 5.41) is 10.3. The average molecular weight is 449 g/mol. The number of ether oxygens (including phenoxy) is 1. The van der Waals surface area contributed by atoms with Gasteiger partial charge in [-0.05, 0) is 74.9 Å². The lowest BCUT2D eigenvalue weighted by Crippen LogP contribution is -2.32. The molecule has 0 heterocycles. The van der Waals surface area contributed by atoms with E-state index in [1.807, 2.05) is 24.3 Å². The minimum Gasteiger partial charge on any atom is -0.496 e. The third-order valence-corrected chi connectivity index (χ3v) is 6.76. The quantitative estimate of drug-likeness (QED) is 0.341. The minimum absolute atomic E-state index is 0.0995. The topological polar surface area (TPSA) is 53.3 Å². The van der Waals surface area contributed by atoms with Gasteiger partial charge in [0.2, 0.25) is 0 Å². The summed E-state index contributed by atoms with van der Waals surface area (Å²) in [5.41, 5.74) is 3.73. The lowest BCUT2D eigenvalue weighted by molar-refractivity contribution is 0.101. The third-order valence-electron chi connectivity index (χ3n) is 6.76. The standard InChI is InChI=1S/C29H40N2O2/c1-7-9-26-14-15-27(20-28(26)33-6)29(21-30,22(2)3)17-8-18-31(5)19-16-24-10-12-25(13-11-24)23(4)32/h10-15,20,22H,7-9,16-19H2,1-6H3. The van der Waals surface area contributed by atoms with Gasteiger partial charge in [-0.3, -0.25) is 4.79 Å². The van der Waals surface area contributed by atoms with Crippen LogP contribution in [-0.4, -0.2) is 37.9 Å². The summed E-state index contributed by atoms with van der Waals surface area (Å²) in [5.74, 6) is 1.19. The number of aryl methyl sites for hydroxylation is 1. The van der Waals surface area contributed by atoms with E-state index in [-0.39, 0.29) is 11.7 Å². The van der Waals surface area contributed by atoms with E-state index in [0.717, 1.165) is 62.1 Å². The maximum Gasteiger partial charge on any atom is 0.159 e. The Kier molecular flexibility index (Phi) is 10.1. The smallest absolute Gasteiger partial charge is 0.159 e. The summed E-state index contributed by atoms with van der Waals surface area (Å²) in [6.45, 7) is 9.93. The molecule has 0 aliphatic rings. The SMILES string of the molecule is CCCc1ccc(C(C#N)(CCCN(C)CCc2ccc(C(C)=O)cc2)C(C)C)cc1OC. The third kappa shape index (κ3) is 6.92. The van der Waals surface area contributed by atoms with Gasteiger partial charge in [-0.15, -0.1) is 0 Å². The average Bonchev–Trinajstić information content (AvgIpc) is 2.81. The van der Waals surface area contributed by atoms with Crippen molar-refractivity contribution in [1.82, 2.24) is 4.90 Å². The number of ketones is 1. The second kappa shape index (κ2) is 12.6. The zero-order chi connectivity index (χ0) is 24.4. The molecule has 0 saturated heterocycles. The van der Waals surface area contributed by atoms with Gasteiger partial charge in [0.1, 0.15) is 5.75 Å². The molecule has 0 N–H and O–H groups in total. The summed E-state index contributed by atoms with van der Waals surface area (Å²) >= 11 is 0. The molecule has 2 rings (SSSR count). The number of methoxy groups -OCH3 is 1. The first-order chi connectivity index (χ1) is 15.8. The Morgan fingerprint density at radius 2 is 1.82 bits per heavy atom. The van der Waals surface area contributed by atoms with Gasteiger partial charge >= 0.3 is 0 Å². The molecule has 4 heteroatoms. The summed E-state index contributed by atoms with van der Waals surface area (Å²) < 4.78 is 5.66. The molecule has 4 nitrogen and oxygen atoms in total. The van der Waals surface area contributed by atoms with Crippen LogP contribution >= 0.6 is 0 Å². The van der Waals surface area contributed by atoms with Gasteiger partial charge in [-0.1, -0.05) is 63.6 Å². The number of Topliss-reactive ketones (excluding diaryl/α,β-unsaturated/α-hetero) is 1. The van der Waals surface area contributed by atoms with Gasteiger partial charge in [0, 0.05) is 12.1 Å². The van der Waals surface area contributed by atoms with Crippen LogP contribution in [0.3, 0.4) is 0 Å². The zero-order valence-corrected chi connectivity index (χ0v) is 21.3. The fourth-order valence-electron chi connectivity index (χ4n) is 4.48. The first-order valence-electron chi connectivity index (χ1n) is 12.1. The highest BCUT2D eigenvalue weighted by molar-refractivity contribution is 5.94.